The van der Waals surface area contributed by atoms with Gasteiger partial charge in [-0.1, -0.05) is 11.8 Å². The fourth-order valence-electron chi connectivity index (χ4n) is 3.02. The molecule has 0 bridgehead atoms. The predicted octanol–water partition coefficient (Wildman–Crippen LogP) is 3.63. The average molecular weight is 484 g/mol. The molecule has 1 atom stereocenters. The van der Waals surface area contributed by atoms with Crippen molar-refractivity contribution in [3.63, 3.8) is 0 Å². The van der Waals surface area contributed by atoms with E-state index in [2.05, 4.69) is 10.3 Å². The van der Waals surface area contributed by atoms with Crippen LogP contribution in [0.25, 0.3) is 0 Å². The molecule has 1 heterocycles. The normalized spacial score (nSPS) is 16.8. The number of carbonyl (C=O) groups excluding carboxylic acids is 4. The predicted molar refractivity (Wildman–Crippen MR) is 129 cm³/mol. The van der Waals surface area contributed by atoms with Crippen LogP contribution in [-0.2, 0) is 19.1 Å². The van der Waals surface area contributed by atoms with Crippen LogP contribution in [0.3, 0.4) is 0 Å². The molecule has 0 saturated carbocycles. The molecule has 0 unspecified atom stereocenters. The molecule has 0 radical (unpaired) electrons. The molecule has 1 saturated heterocycles. The van der Waals surface area contributed by atoms with Crippen molar-refractivity contribution in [2.75, 3.05) is 25.6 Å². The highest BCUT2D eigenvalue weighted by molar-refractivity contribution is 8.15. The highest BCUT2D eigenvalue weighted by Gasteiger charge is 2.34. The number of anilines is 1. The number of amidine groups is 1. The summed E-state index contributed by atoms with van der Waals surface area (Å²) in [5.41, 5.74) is 1.81. The Morgan fingerprint density at radius 3 is 2.03 bits per heavy atom. The Balaban J connectivity index is 1.69. The molecular weight excluding hydrogens is 458 g/mol. The third kappa shape index (κ3) is 6.22. The molecular formula is C24H25N3O6S. The summed E-state index contributed by atoms with van der Waals surface area (Å²) in [4.78, 5) is 54.8. The van der Waals surface area contributed by atoms with Crippen LogP contribution in [-0.4, -0.2) is 59.3 Å². The van der Waals surface area contributed by atoms with Crippen LogP contribution in [0.15, 0.2) is 53.5 Å². The Hall–Kier alpha value is -3.66. The first-order chi connectivity index (χ1) is 16.3. The number of hydrogen-bond acceptors (Lipinski definition) is 8. The van der Waals surface area contributed by atoms with Gasteiger partial charge in [-0.25, -0.2) is 14.6 Å². The molecule has 34 heavy (non-hydrogen) atoms. The minimum absolute atomic E-state index is 0.0225. The number of ether oxygens (including phenoxy) is 2. The molecule has 0 aliphatic carbocycles. The van der Waals surface area contributed by atoms with Crippen molar-refractivity contribution in [3.8, 4) is 0 Å². The molecule has 1 fully saturated rings. The number of hydrogen-bond donors (Lipinski definition) is 1. The van der Waals surface area contributed by atoms with Crippen molar-refractivity contribution in [2.24, 2.45) is 4.99 Å². The summed E-state index contributed by atoms with van der Waals surface area (Å²) in [6, 6.07) is 12.8. The van der Waals surface area contributed by atoms with Gasteiger partial charge in [0, 0.05) is 19.2 Å². The minimum Gasteiger partial charge on any atom is -0.462 e. The standard InChI is InChI=1S/C24H25N3O6S/c1-4-32-22(30)15-6-10-17(11-7-15)25-21(29)19-14-20(28)27(3)24(34-19)26-18-12-8-16(9-13-18)23(31)33-5-2/h6-13,19H,4-5,14H2,1-3H3,(H,25,29)/t19-/m0/s1. The van der Waals surface area contributed by atoms with Crippen LogP contribution in [0.2, 0.25) is 0 Å². The fraction of sp³-hybridized carbons (Fsp3) is 0.292. The lowest BCUT2D eigenvalue weighted by molar-refractivity contribution is -0.128. The number of aliphatic imine (C=N–C) groups is 1. The van der Waals surface area contributed by atoms with Crippen LogP contribution in [0.4, 0.5) is 11.4 Å². The molecule has 3 rings (SSSR count). The maximum absolute atomic E-state index is 12.8. The van der Waals surface area contributed by atoms with Gasteiger partial charge < -0.3 is 14.8 Å². The van der Waals surface area contributed by atoms with E-state index in [0.717, 1.165) is 0 Å². The monoisotopic (exact) mass is 483 g/mol. The van der Waals surface area contributed by atoms with Gasteiger partial charge in [-0.15, -0.1) is 0 Å². The molecule has 1 aliphatic rings. The van der Waals surface area contributed by atoms with Crippen LogP contribution in [0.1, 0.15) is 41.0 Å². The number of nitrogens with zero attached hydrogens (tertiary/aromatic N) is 2. The van der Waals surface area contributed by atoms with E-state index in [4.69, 9.17) is 9.47 Å². The van der Waals surface area contributed by atoms with E-state index in [1.165, 1.54) is 16.7 Å². The van der Waals surface area contributed by atoms with E-state index in [9.17, 15) is 19.2 Å². The van der Waals surface area contributed by atoms with Crippen molar-refractivity contribution in [3.05, 3.63) is 59.7 Å². The molecule has 2 aromatic carbocycles. The Bertz CT molecular complexity index is 1100. The second kappa shape index (κ2) is 11.5. The third-order valence-corrected chi connectivity index (χ3v) is 6.07. The Kier molecular flexibility index (Phi) is 8.42. The zero-order valence-corrected chi connectivity index (χ0v) is 19.9. The molecule has 178 valence electrons. The number of thioether (sulfide) groups is 1. The van der Waals surface area contributed by atoms with Crippen molar-refractivity contribution in [2.45, 2.75) is 25.5 Å². The molecule has 9 nitrogen and oxygen atoms in total. The maximum atomic E-state index is 12.8. The van der Waals surface area contributed by atoms with Crippen molar-refractivity contribution < 1.29 is 28.7 Å². The second-order valence-electron chi connectivity index (χ2n) is 7.21. The van der Waals surface area contributed by atoms with Gasteiger partial charge in [0.2, 0.25) is 11.8 Å². The highest BCUT2D eigenvalue weighted by Crippen LogP contribution is 2.29. The molecule has 2 amide bonds. The van der Waals surface area contributed by atoms with Crippen molar-refractivity contribution >= 4 is 52.1 Å². The number of amides is 2. The summed E-state index contributed by atoms with van der Waals surface area (Å²) in [5, 5.41) is 2.47. The van der Waals surface area contributed by atoms with E-state index in [1.54, 1.807) is 69.4 Å². The average Bonchev–Trinajstić information content (AvgIpc) is 2.83. The van der Waals surface area contributed by atoms with E-state index in [0.29, 0.717) is 27.7 Å². The SMILES string of the molecule is CCOC(=O)c1ccc(N=C2S[C@H](C(=O)Nc3ccc(C(=O)OCC)cc3)CC(=O)N2C)cc1. The number of rotatable bonds is 7. The number of carbonyl (C=O) groups is 4. The molecule has 1 N–H and O–H groups in total. The lowest BCUT2D eigenvalue weighted by atomic mass is 10.2. The van der Waals surface area contributed by atoms with Gasteiger partial charge in [-0.2, -0.15) is 0 Å². The van der Waals surface area contributed by atoms with Crippen LogP contribution in [0, 0.1) is 0 Å². The first-order valence-electron chi connectivity index (χ1n) is 10.7. The zero-order valence-electron chi connectivity index (χ0n) is 19.1. The van der Waals surface area contributed by atoms with Gasteiger partial charge in [0.05, 0.1) is 30.0 Å². The number of nitrogens with one attached hydrogen (secondary N) is 1. The zero-order chi connectivity index (χ0) is 24.7. The van der Waals surface area contributed by atoms with Crippen molar-refractivity contribution in [1.29, 1.82) is 0 Å². The fourth-order valence-corrected chi connectivity index (χ4v) is 4.09. The highest BCUT2D eigenvalue weighted by atomic mass is 32.2. The maximum Gasteiger partial charge on any atom is 0.338 e. The molecule has 1 aliphatic heterocycles. The summed E-state index contributed by atoms with van der Waals surface area (Å²) in [5.74, 6) is -1.44. The molecule has 0 aromatic heterocycles. The Labute approximate surface area is 201 Å². The van der Waals surface area contributed by atoms with Gasteiger partial charge in [0.1, 0.15) is 5.25 Å². The quantitative estimate of drug-likeness (QED) is 0.598. The smallest absolute Gasteiger partial charge is 0.338 e. The van der Waals surface area contributed by atoms with E-state index in [1.807, 2.05) is 0 Å². The van der Waals surface area contributed by atoms with Gasteiger partial charge in [0.15, 0.2) is 5.17 Å². The van der Waals surface area contributed by atoms with Gasteiger partial charge in [-0.3, -0.25) is 14.5 Å². The van der Waals surface area contributed by atoms with Gasteiger partial charge in [-0.05, 0) is 62.4 Å². The lowest BCUT2D eigenvalue weighted by Crippen LogP contribution is -2.43. The van der Waals surface area contributed by atoms with Crippen LogP contribution < -0.4 is 5.32 Å². The van der Waals surface area contributed by atoms with Crippen LogP contribution in [0.5, 0.6) is 0 Å². The summed E-state index contributed by atoms with van der Waals surface area (Å²) in [6.45, 7) is 4.02. The summed E-state index contributed by atoms with van der Waals surface area (Å²) >= 11 is 1.18. The lowest BCUT2D eigenvalue weighted by Gasteiger charge is -2.28. The molecule has 0 spiro atoms. The number of benzene rings is 2. The van der Waals surface area contributed by atoms with E-state index < -0.39 is 17.2 Å². The van der Waals surface area contributed by atoms with Gasteiger partial charge in [0.25, 0.3) is 0 Å². The van der Waals surface area contributed by atoms with E-state index in [-0.39, 0.29) is 31.4 Å². The summed E-state index contributed by atoms with van der Waals surface area (Å²) in [7, 11) is 1.60. The van der Waals surface area contributed by atoms with Crippen molar-refractivity contribution in [1.82, 2.24) is 4.90 Å². The first kappa shape index (κ1) is 25.0. The Morgan fingerprint density at radius 2 is 1.50 bits per heavy atom. The van der Waals surface area contributed by atoms with Gasteiger partial charge >= 0.3 is 11.9 Å². The Morgan fingerprint density at radius 1 is 0.971 bits per heavy atom. The first-order valence-corrected chi connectivity index (χ1v) is 11.6. The topological polar surface area (TPSA) is 114 Å². The van der Waals surface area contributed by atoms with Crippen LogP contribution >= 0.6 is 11.8 Å². The second-order valence-corrected chi connectivity index (χ2v) is 8.38. The largest absolute Gasteiger partial charge is 0.462 e. The third-order valence-electron chi connectivity index (χ3n) is 4.83. The molecule has 10 heteroatoms. The number of esters is 2. The van der Waals surface area contributed by atoms with E-state index >= 15 is 0 Å². The summed E-state index contributed by atoms with van der Waals surface area (Å²) in [6.07, 6.45) is 0.0225. The summed E-state index contributed by atoms with van der Waals surface area (Å²) < 4.78 is 9.92. The molecule has 2 aromatic rings. The minimum atomic E-state index is -0.675.